The summed E-state index contributed by atoms with van der Waals surface area (Å²) in [4.78, 5) is 9.54. The summed E-state index contributed by atoms with van der Waals surface area (Å²) in [7, 11) is 0. The highest BCUT2D eigenvalue weighted by Crippen LogP contribution is 2.42. The van der Waals surface area contributed by atoms with Crippen LogP contribution in [-0.2, 0) is 0 Å². The van der Waals surface area contributed by atoms with E-state index in [0.717, 1.165) is 28.0 Å². The molecule has 10 aromatic rings. The van der Waals surface area contributed by atoms with E-state index in [1.165, 1.54) is 60.4 Å². The van der Waals surface area contributed by atoms with Gasteiger partial charge in [0, 0.05) is 22.0 Å². The van der Waals surface area contributed by atoms with E-state index in [9.17, 15) is 0 Å². The molecule has 0 aliphatic heterocycles. The lowest BCUT2D eigenvalue weighted by Crippen LogP contribution is -1.95. The van der Waals surface area contributed by atoms with Gasteiger partial charge in [-0.15, -0.1) is 0 Å². The average molecular weight is 696 g/mol. The van der Waals surface area contributed by atoms with Gasteiger partial charge in [0.1, 0.15) is 0 Å². The molecule has 3 nitrogen and oxygen atoms in total. The normalized spacial score (nSPS) is 10.9. The Hall–Kier alpha value is -6.84. The highest BCUT2D eigenvalue weighted by molar-refractivity contribution is 6.24. The Kier molecular flexibility index (Phi) is 9.78. The minimum atomic E-state index is 0.867. The van der Waals surface area contributed by atoms with Gasteiger partial charge in [-0.05, 0) is 76.3 Å². The molecule has 0 amide bonds. The Balaban J connectivity index is 0.000000411. The first-order valence-corrected chi connectivity index (χ1v) is 18.7. The van der Waals surface area contributed by atoms with Gasteiger partial charge >= 0.3 is 0 Å². The molecule has 0 aliphatic rings. The first-order valence-electron chi connectivity index (χ1n) is 18.7. The highest BCUT2D eigenvalue weighted by Gasteiger charge is 2.19. The minimum absolute atomic E-state index is 0.867. The standard InChI is InChI=1S/C42H27N3.C7H8.C2H6/c1-3-11-28(12-4-1)31-21-24-35-40(25-31)45(32-22-19-30(20-23-32)39-27-43-37-17-9-10-18-38(37)44-39)41-26-36(29-13-5-2-6-14-29)33-15-7-8-16-34(33)42(35)41;1-7-5-3-2-4-6-7;1-2/h1-27H;2-6H,1H3;1-2H3. The van der Waals surface area contributed by atoms with Crippen molar-refractivity contribution in [2.75, 3.05) is 0 Å². The van der Waals surface area contributed by atoms with E-state index in [-0.39, 0.29) is 0 Å². The van der Waals surface area contributed by atoms with E-state index in [1.54, 1.807) is 0 Å². The van der Waals surface area contributed by atoms with Crippen LogP contribution in [0.4, 0.5) is 0 Å². The SMILES string of the molecule is CC.Cc1ccccc1.c1ccc(-c2ccc3c4c5ccccc5c(-c5ccccc5)cc4n(-c4ccc(-c5cnc6ccccc6n5)cc4)c3c2)cc1. The highest BCUT2D eigenvalue weighted by atomic mass is 15.0. The average Bonchev–Trinajstić information content (AvgIpc) is 3.59. The minimum Gasteiger partial charge on any atom is -0.309 e. The topological polar surface area (TPSA) is 30.7 Å². The molecule has 0 saturated heterocycles. The van der Waals surface area contributed by atoms with Crippen LogP contribution < -0.4 is 0 Å². The fourth-order valence-electron chi connectivity index (χ4n) is 7.23. The third kappa shape index (κ3) is 6.64. The molecule has 0 spiro atoms. The summed E-state index contributed by atoms with van der Waals surface area (Å²) in [6.45, 7) is 6.08. The second kappa shape index (κ2) is 15.4. The number of para-hydroxylation sites is 2. The number of fused-ring (bicyclic) bond motifs is 6. The molecular formula is C51H41N3. The molecule has 2 aromatic heterocycles. The Labute approximate surface area is 316 Å². The first kappa shape index (κ1) is 34.3. The number of aryl methyl sites for hydroxylation is 1. The lowest BCUT2D eigenvalue weighted by Gasteiger charge is -2.13. The largest absolute Gasteiger partial charge is 0.309 e. The van der Waals surface area contributed by atoms with Crippen LogP contribution >= 0.6 is 0 Å². The van der Waals surface area contributed by atoms with E-state index >= 15 is 0 Å². The summed E-state index contributed by atoms with van der Waals surface area (Å²) in [6, 6.07) is 66.4. The van der Waals surface area contributed by atoms with Crippen molar-refractivity contribution >= 4 is 43.6 Å². The molecule has 0 fully saturated rings. The molecule has 0 atom stereocenters. The summed E-state index contributed by atoms with van der Waals surface area (Å²) in [5, 5.41) is 5.02. The van der Waals surface area contributed by atoms with Crippen molar-refractivity contribution in [3.63, 3.8) is 0 Å². The van der Waals surface area contributed by atoms with Gasteiger partial charge in [-0.2, -0.15) is 0 Å². The Morgan fingerprint density at radius 2 is 1.00 bits per heavy atom. The van der Waals surface area contributed by atoms with Crippen molar-refractivity contribution < 1.29 is 0 Å². The molecule has 3 heteroatoms. The molecule has 0 radical (unpaired) electrons. The van der Waals surface area contributed by atoms with Gasteiger partial charge in [0.05, 0.1) is 34.0 Å². The summed E-state index contributed by atoms with van der Waals surface area (Å²) < 4.78 is 2.42. The van der Waals surface area contributed by atoms with E-state index in [2.05, 4.69) is 162 Å². The van der Waals surface area contributed by atoms with E-state index < -0.39 is 0 Å². The predicted octanol–water partition coefficient (Wildman–Crippen LogP) is 13.9. The van der Waals surface area contributed by atoms with Gasteiger partial charge in [0.2, 0.25) is 0 Å². The molecule has 260 valence electrons. The zero-order valence-electron chi connectivity index (χ0n) is 30.8. The van der Waals surface area contributed by atoms with Crippen molar-refractivity contribution in [2.45, 2.75) is 20.8 Å². The van der Waals surface area contributed by atoms with E-state index in [4.69, 9.17) is 4.98 Å². The van der Waals surface area contributed by atoms with Crippen LogP contribution in [0.2, 0.25) is 0 Å². The van der Waals surface area contributed by atoms with Crippen LogP contribution in [-0.4, -0.2) is 14.5 Å². The molecule has 0 bridgehead atoms. The predicted molar refractivity (Wildman–Crippen MR) is 230 cm³/mol. The number of hydrogen-bond acceptors (Lipinski definition) is 2. The maximum absolute atomic E-state index is 4.89. The molecule has 0 aliphatic carbocycles. The smallest absolute Gasteiger partial charge is 0.0894 e. The fourth-order valence-corrected chi connectivity index (χ4v) is 7.23. The molecule has 54 heavy (non-hydrogen) atoms. The maximum Gasteiger partial charge on any atom is 0.0894 e. The zero-order chi connectivity index (χ0) is 36.9. The van der Waals surface area contributed by atoms with Crippen molar-refractivity contribution in [2.24, 2.45) is 0 Å². The van der Waals surface area contributed by atoms with Crippen LogP contribution in [0.1, 0.15) is 19.4 Å². The third-order valence-electron chi connectivity index (χ3n) is 9.77. The number of nitrogens with zero attached hydrogens (tertiary/aromatic N) is 3. The van der Waals surface area contributed by atoms with Crippen LogP contribution in [0, 0.1) is 6.92 Å². The second-order valence-electron chi connectivity index (χ2n) is 13.1. The molecule has 8 aromatic carbocycles. The zero-order valence-corrected chi connectivity index (χ0v) is 30.8. The first-order chi connectivity index (χ1) is 26.7. The number of benzene rings is 8. The molecule has 0 unspecified atom stereocenters. The van der Waals surface area contributed by atoms with Crippen molar-refractivity contribution in [3.05, 3.63) is 200 Å². The molecule has 0 saturated carbocycles. The number of rotatable bonds is 4. The van der Waals surface area contributed by atoms with Gasteiger partial charge in [0.25, 0.3) is 0 Å². The van der Waals surface area contributed by atoms with E-state index in [1.807, 2.05) is 62.5 Å². The van der Waals surface area contributed by atoms with Gasteiger partial charge < -0.3 is 4.57 Å². The van der Waals surface area contributed by atoms with Crippen LogP contribution in [0.3, 0.4) is 0 Å². The molecule has 10 rings (SSSR count). The monoisotopic (exact) mass is 695 g/mol. The summed E-state index contributed by atoms with van der Waals surface area (Å²) in [5.41, 5.74) is 13.3. The summed E-state index contributed by atoms with van der Waals surface area (Å²) in [6.07, 6.45) is 1.86. The van der Waals surface area contributed by atoms with Gasteiger partial charge in [-0.1, -0.05) is 171 Å². The van der Waals surface area contributed by atoms with Crippen molar-refractivity contribution in [3.8, 4) is 39.2 Å². The van der Waals surface area contributed by atoms with Gasteiger partial charge in [-0.3, -0.25) is 4.98 Å². The molecular weight excluding hydrogens is 655 g/mol. The lowest BCUT2D eigenvalue weighted by atomic mass is 9.94. The quantitative estimate of drug-likeness (QED) is 0.183. The Bertz CT molecular complexity index is 2820. The lowest BCUT2D eigenvalue weighted by molar-refractivity contribution is 1.18. The van der Waals surface area contributed by atoms with Crippen LogP contribution in [0.15, 0.2) is 194 Å². The van der Waals surface area contributed by atoms with Gasteiger partial charge in [0.15, 0.2) is 0 Å². The summed E-state index contributed by atoms with van der Waals surface area (Å²) >= 11 is 0. The number of hydrogen-bond donors (Lipinski definition) is 0. The Morgan fingerprint density at radius 3 is 1.67 bits per heavy atom. The second-order valence-corrected chi connectivity index (χ2v) is 13.1. The fraction of sp³-hybridized carbons (Fsp3) is 0.0588. The number of aromatic nitrogens is 3. The maximum atomic E-state index is 4.89. The Morgan fingerprint density at radius 1 is 0.426 bits per heavy atom. The van der Waals surface area contributed by atoms with Crippen LogP contribution in [0.25, 0.3) is 82.8 Å². The van der Waals surface area contributed by atoms with Crippen molar-refractivity contribution in [1.29, 1.82) is 0 Å². The van der Waals surface area contributed by atoms with Gasteiger partial charge in [-0.25, -0.2) is 4.98 Å². The third-order valence-corrected chi connectivity index (χ3v) is 9.77. The van der Waals surface area contributed by atoms with E-state index in [0.29, 0.717) is 0 Å². The molecule has 2 heterocycles. The van der Waals surface area contributed by atoms with Crippen molar-refractivity contribution in [1.82, 2.24) is 14.5 Å². The molecule has 0 N–H and O–H groups in total. The summed E-state index contributed by atoms with van der Waals surface area (Å²) in [5.74, 6) is 0. The van der Waals surface area contributed by atoms with Crippen LogP contribution in [0.5, 0.6) is 0 Å².